The van der Waals surface area contributed by atoms with Crippen molar-refractivity contribution in [1.29, 1.82) is 0 Å². The molecule has 218 valence electrons. The Morgan fingerprint density at radius 2 is 1.83 bits per heavy atom. The van der Waals surface area contributed by atoms with Gasteiger partial charge in [0.1, 0.15) is 11.6 Å². The fourth-order valence-electron chi connectivity index (χ4n) is 6.36. The smallest absolute Gasteiger partial charge is 0.318 e. The highest BCUT2D eigenvalue weighted by atomic mass is 35.5. The molecule has 42 heavy (non-hydrogen) atoms. The number of anilines is 2. The second-order valence-electron chi connectivity index (χ2n) is 11.1. The van der Waals surface area contributed by atoms with Gasteiger partial charge in [-0.25, -0.2) is 4.98 Å². The van der Waals surface area contributed by atoms with Gasteiger partial charge in [0.2, 0.25) is 0 Å². The minimum atomic E-state index is 0.448. The summed E-state index contributed by atoms with van der Waals surface area (Å²) in [5.74, 6) is 1.99. The molecule has 0 atom stereocenters. The summed E-state index contributed by atoms with van der Waals surface area (Å²) in [7, 11) is 0. The predicted molar refractivity (Wildman–Crippen MR) is 166 cm³/mol. The monoisotopic (exact) mass is 585 g/mol. The molecule has 0 aliphatic carbocycles. The average Bonchev–Trinajstić information content (AvgIpc) is 3.45. The number of nitrogens with zero attached hydrogens (tertiary/aromatic N) is 7. The van der Waals surface area contributed by atoms with Gasteiger partial charge >= 0.3 is 6.01 Å². The van der Waals surface area contributed by atoms with E-state index in [2.05, 4.69) is 55.1 Å². The van der Waals surface area contributed by atoms with Crippen molar-refractivity contribution in [2.75, 3.05) is 62.3 Å². The summed E-state index contributed by atoms with van der Waals surface area (Å²) in [6.07, 6.45) is 5.53. The number of halogens is 1. The van der Waals surface area contributed by atoms with Crippen LogP contribution in [0.3, 0.4) is 0 Å². The highest BCUT2D eigenvalue weighted by Crippen LogP contribution is 2.37. The van der Waals surface area contributed by atoms with E-state index >= 15 is 0 Å². The van der Waals surface area contributed by atoms with Gasteiger partial charge in [0.25, 0.3) is 0 Å². The summed E-state index contributed by atoms with van der Waals surface area (Å²) in [5, 5.41) is 2.99. The Bertz CT molecular complexity index is 1590. The molecule has 0 radical (unpaired) electrons. The summed E-state index contributed by atoms with van der Waals surface area (Å²) in [5.41, 5.74) is 4.40. The summed E-state index contributed by atoms with van der Waals surface area (Å²) >= 11 is 6.71. The number of hydrogen-bond donors (Lipinski definition) is 0. The molecule has 0 unspecified atom stereocenters. The van der Waals surface area contributed by atoms with E-state index in [-0.39, 0.29) is 0 Å². The van der Waals surface area contributed by atoms with Crippen molar-refractivity contribution in [3.05, 3.63) is 77.0 Å². The molecule has 3 aliphatic heterocycles. The molecule has 2 aromatic carbocycles. The molecule has 0 N–H and O–H groups in total. The van der Waals surface area contributed by atoms with Gasteiger partial charge in [-0.3, -0.25) is 4.90 Å². The minimum Gasteiger partial charge on any atom is -0.463 e. The van der Waals surface area contributed by atoms with Crippen molar-refractivity contribution in [3.63, 3.8) is 0 Å². The minimum absolute atomic E-state index is 0.448. The molecule has 7 rings (SSSR count). The SMILES string of the molecule is C=Cc1cnc2n1CCN(c1nc(OCCCN3CCOCC3)nc3c1CCN(c1cccc4cccc(Cl)c14)C3)C2. The highest BCUT2D eigenvalue weighted by Gasteiger charge is 2.29. The standard InChI is InChI=1S/C32H36ClN7O2/c1-2-24-20-34-29-22-39(13-14-40(24)29)31-25-10-12-38(28-9-4-7-23-6-3-8-26(33)30(23)28)21-27(25)35-32(36-31)42-17-5-11-37-15-18-41-19-16-37/h2-4,6-9,20H,1,5,10-19,21-22H2. The van der Waals surface area contributed by atoms with Gasteiger partial charge in [-0.15, -0.1) is 0 Å². The third-order valence-corrected chi connectivity index (χ3v) is 8.87. The number of rotatable bonds is 8. The molecule has 5 heterocycles. The maximum absolute atomic E-state index is 6.71. The van der Waals surface area contributed by atoms with Crippen LogP contribution < -0.4 is 14.5 Å². The van der Waals surface area contributed by atoms with Crippen molar-refractivity contribution >= 4 is 40.0 Å². The van der Waals surface area contributed by atoms with Crippen molar-refractivity contribution in [2.24, 2.45) is 0 Å². The number of hydrogen-bond acceptors (Lipinski definition) is 8. The first-order valence-electron chi connectivity index (χ1n) is 14.8. The van der Waals surface area contributed by atoms with Crippen LogP contribution >= 0.6 is 11.6 Å². The van der Waals surface area contributed by atoms with E-state index in [1.165, 1.54) is 5.56 Å². The summed E-state index contributed by atoms with van der Waals surface area (Å²) < 4.78 is 14.0. The van der Waals surface area contributed by atoms with E-state index in [0.29, 0.717) is 25.7 Å². The van der Waals surface area contributed by atoms with E-state index in [4.69, 9.17) is 31.0 Å². The number of fused-ring (bicyclic) bond motifs is 3. The highest BCUT2D eigenvalue weighted by molar-refractivity contribution is 6.36. The van der Waals surface area contributed by atoms with E-state index < -0.39 is 0 Å². The van der Waals surface area contributed by atoms with Gasteiger partial charge in [0, 0.05) is 55.9 Å². The first-order chi connectivity index (χ1) is 20.7. The quantitative estimate of drug-likeness (QED) is 0.273. The second kappa shape index (κ2) is 11.9. The Kier molecular flexibility index (Phi) is 7.71. The normalized spacial score (nSPS) is 17.3. The molecular formula is C32H36ClN7O2. The van der Waals surface area contributed by atoms with E-state index in [0.717, 1.165) is 110 Å². The first kappa shape index (κ1) is 27.2. The Balaban J connectivity index is 1.17. The molecule has 3 aliphatic rings. The first-order valence-corrected chi connectivity index (χ1v) is 15.2. The largest absolute Gasteiger partial charge is 0.463 e. The van der Waals surface area contributed by atoms with Crippen molar-refractivity contribution in [1.82, 2.24) is 24.4 Å². The molecular weight excluding hydrogens is 550 g/mol. The van der Waals surface area contributed by atoms with Crippen LogP contribution in [0.4, 0.5) is 11.5 Å². The molecule has 4 aromatic rings. The summed E-state index contributed by atoms with van der Waals surface area (Å²) in [6, 6.07) is 12.9. The topological polar surface area (TPSA) is 71.8 Å². The molecule has 1 saturated heterocycles. The van der Waals surface area contributed by atoms with Gasteiger partial charge in [0.05, 0.1) is 55.5 Å². The number of morpholine rings is 1. The molecule has 9 nitrogen and oxygen atoms in total. The summed E-state index contributed by atoms with van der Waals surface area (Å²) in [4.78, 5) is 21.8. The van der Waals surface area contributed by atoms with Crippen LogP contribution in [0.1, 0.15) is 29.2 Å². The number of imidazole rings is 1. The number of benzene rings is 2. The average molecular weight is 586 g/mol. The zero-order chi connectivity index (χ0) is 28.5. The van der Waals surface area contributed by atoms with Crippen molar-refractivity contribution < 1.29 is 9.47 Å². The lowest BCUT2D eigenvalue weighted by Gasteiger charge is -2.35. The Morgan fingerprint density at radius 3 is 2.69 bits per heavy atom. The fraction of sp³-hybridized carbons (Fsp3) is 0.406. The Morgan fingerprint density at radius 1 is 0.976 bits per heavy atom. The lowest BCUT2D eigenvalue weighted by Crippen LogP contribution is -2.38. The zero-order valence-corrected chi connectivity index (χ0v) is 24.6. The third kappa shape index (κ3) is 5.32. The Labute approximate surface area is 251 Å². The van der Waals surface area contributed by atoms with Crippen LogP contribution in [0.25, 0.3) is 16.8 Å². The van der Waals surface area contributed by atoms with Crippen molar-refractivity contribution in [2.45, 2.75) is 32.5 Å². The van der Waals surface area contributed by atoms with Crippen LogP contribution in [-0.2, 0) is 30.8 Å². The Hall–Kier alpha value is -3.66. The predicted octanol–water partition coefficient (Wildman–Crippen LogP) is 4.81. The van der Waals surface area contributed by atoms with Crippen molar-refractivity contribution in [3.8, 4) is 6.01 Å². The van der Waals surface area contributed by atoms with Crippen LogP contribution in [0.2, 0.25) is 5.02 Å². The molecule has 0 amide bonds. The molecule has 2 aromatic heterocycles. The van der Waals surface area contributed by atoms with E-state index in [9.17, 15) is 0 Å². The second-order valence-corrected chi connectivity index (χ2v) is 11.5. The molecule has 10 heteroatoms. The van der Waals surface area contributed by atoms with Gasteiger partial charge in [0.15, 0.2) is 0 Å². The van der Waals surface area contributed by atoms with Crippen LogP contribution in [0, 0.1) is 0 Å². The van der Waals surface area contributed by atoms with E-state index in [1.54, 1.807) is 0 Å². The lowest BCUT2D eigenvalue weighted by atomic mass is 10.0. The maximum atomic E-state index is 6.71. The fourth-order valence-corrected chi connectivity index (χ4v) is 6.64. The molecule has 0 bridgehead atoms. The van der Waals surface area contributed by atoms with Gasteiger partial charge < -0.3 is 23.8 Å². The molecule has 0 saturated carbocycles. The third-order valence-electron chi connectivity index (χ3n) is 8.55. The lowest BCUT2D eigenvalue weighted by molar-refractivity contribution is 0.0356. The van der Waals surface area contributed by atoms with Crippen LogP contribution in [-0.4, -0.2) is 77.0 Å². The molecule has 1 fully saturated rings. The van der Waals surface area contributed by atoms with Crippen LogP contribution in [0.15, 0.2) is 49.2 Å². The number of aromatic nitrogens is 4. The maximum Gasteiger partial charge on any atom is 0.318 e. The van der Waals surface area contributed by atoms with E-state index in [1.807, 2.05) is 24.4 Å². The van der Waals surface area contributed by atoms with Gasteiger partial charge in [-0.1, -0.05) is 42.4 Å². The van der Waals surface area contributed by atoms with Gasteiger partial charge in [-0.2, -0.15) is 9.97 Å². The zero-order valence-electron chi connectivity index (χ0n) is 23.8. The summed E-state index contributed by atoms with van der Waals surface area (Å²) in [6.45, 7) is 13.0. The van der Waals surface area contributed by atoms with Crippen LogP contribution in [0.5, 0.6) is 6.01 Å². The number of ether oxygens (including phenoxy) is 2. The van der Waals surface area contributed by atoms with Gasteiger partial charge in [-0.05, 0) is 36.4 Å². The molecule has 0 spiro atoms.